The molecule has 25 heavy (non-hydrogen) atoms. The molecule has 1 amide bonds. The zero-order valence-electron chi connectivity index (χ0n) is 14.2. The van der Waals surface area contributed by atoms with Gasteiger partial charge in [-0.3, -0.25) is 9.78 Å². The van der Waals surface area contributed by atoms with E-state index in [0.717, 1.165) is 0 Å². The van der Waals surface area contributed by atoms with Gasteiger partial charge >= 0.3 is 0 Å². The molecular formula is C16H20N4O4S. The van der Waals surface area contributed by atoms with Gasteiger partial charge in [0.1, 0.15) is 5.69 Å². The van der Waals surface area contributed by atoms with Gasteiger partial charge in [0, 0.05) is 25.0 Å². The second kappa shape index (κ2) is 8.15. The molecule has 0 bridgehead atoms. The first kappa shape index (κ1) is 19.0. The lowest BCUT2D eigenvalue weighted by atomic mass is 10.3. The number of nitrogens with one attached hydrogen (secondary N) is 2. The molecule has 0 fully saturated rings. The fourth-order valence-corrected chi connectivity index (χ4v) is 3.27. The molecule has 0 unspecified atom stereocenters. The van der Waals surface area contributed by atoms with Crippen LogP contribution in [-0.2, 0) is 14.8 Å². The molecule has 2 rings (SSSR count). The van der Waals surface area contributed by atoms with E-state index in [0.29, 0.717) is 11.4 Å². The summed E-state index contributed by atoms with van der Waals surface area (Å²) in [6.45, 7) is 3.75. The van der Waals surface area contributed by atoms with E-state index in [1.807, 2.05) is 0 Å². The number of ether oxygens (including phenoxy) is 1. The molecule has 8 nitrogen and oxygen atoms in total. The number of nitrogens with zero attached hydrogens (tertiary/aromatic N) is 2. The van der Waals surface area contributed by atoms with Crippen LogP contribution in [0.5, 0.6) is 0 Å². The van der Waals surface area contributed by atoms with Crippen molar-refractivity contribution >= 4 is 21.6 Å². The summed E-state index contributed by atoms with van der Waals surface area (Å²) < 4.78 is 31.9. The molecule has 0 aliphatic heterocycles. The molecule has 1 aromatic carbocycles. The topological polar surface area (TPSA) is 110 Å². The van der Waals surface area contributed by atoms with Gasteiger partial charge in [-0.15, -0.1) is 0 Å². The third-order valence-electron chi connectivity index (χ3n) is 3.21. The highest BCUT2D eigenvalue weighted by Gasteiger charge is 2.17. The van der Waals surface area contributed by atoms with Crippen LogP contribution in [0, 0.1) is 6.92 Å². The molecule has 0 aliphatic carbocycles. The predicted octanol–water partition coefficient (Wildman–Crippen LogP) is 1.35. The van der Waals surface area contributed by atoms with Gasteiger partial charge in [0.05, 0.1) is 23.4 Å². The van der Waals surface area contributed by atoms with E-state index in [9.17, 15) is 13.2 Å². The Morgan fingerprint density at radius 2 is 1.88 bits per heavy atom. The van der Waals surface area contributed by atoms with Crippen LogP contribution < -0.4 is 10.0 Å². The van der Waals surface area contributed by atoms with Crippen LogP contribution in [0.3, 0.4) is 0 Å². The largest absolute Gasteiger partial charge is 0.383 e. The highest BCUT2D eigenvalue weighted by molar-refractivity contribution is 7.89. The van der Waals surface area contributed by atoms with Crippen molar-refractivity contribution in [2.75, 3.05) is 19.0 Å². The van der Waals surface area contributed by atoms with Gasteiger partial charge in [-0.05, 0) is 38.1 Å². The van der Waals surface area contributed by atoms with Crippen LogP contribution in [0.25, 0.3) is 0 Å². The summed E-state index contributed by atoms with van der Waals surface area (Å²) in [6.07, 6.45) is 2.88. The SMILES string of the molecule is COC[C@H](C)NS(=O)(=O)c1ccc(NC(=O)c2cnc(C)cn2)cc1. The predicted molar refractivity (Wildman–Crippen MR) is 92.8 cm³/mol. The zero-order valence-corrected chi connectivity index (χ0v) is 15.0. The number of hydrogen-bond donors (Lipinski definition) is 2. The second-order valence-electron chi connectivity index (χ2n) is 5.50. The normalized spacial score (nSPS) is 12.6. The third-order valence-corrected chi connectivity index (χ3v) is 4.81. The van der Waals surface area contributed by atoms with Crippen molar-refractivity contribution in [1.82, 2.24) is 14.7 Å². The Labute approximate surface area is 146 Å². The maximum atomic E-state index is 12.2. The van der Waals surface area contributed by atoms with Crippen molar-refractivity contribution in [3.05, 3.63) is 48.0 Å². The van der Waals surface area contributed by atoms with Gasteiger partial charge in [0.15, 0.2) is 0 Å². The molecule has 1 aromatic heterocycles. The number of anilines is 1. The lowest BCUT2D eigenvalue weighted by Gasteiger charge is -2.13. The number of carbonyl (C=O) groups excluding carboxylic acids is 1. The molecule has 134 valence electrons. The van der Waals surface area contributed by atoms with Crippen molar-refractivity contribution in [3.8, 4) is 0 Å². The van der Waals surface area contributed by atoms with E-state index < -0.39 is 15.9 Å². The van der Waals surface area contributed by atoms with Gasteiger partial charge in [0.25, 0.3) is 5.91 Å². The summed E-state index contributed by atoms with van der Waals surface area (Å²) in [4.78, 5) is 20.2. The second-order valence-corrected chi connectivity index (χ2v) is 7.21. The number of aryl methyl sites for hydroxylation is 1. The number of sulfonamides is 1. The molecule has 0 saturated heterocycles. The highest BCUT2D eigenvalue weighted by Crippen LogP contribution is 2.15. The van der Waals surface area contributed by atoms with E-state index in [-0.39, 0.29) is 23.2 Å². The number of aromatic nitrogens is 2. The Kier molecular flexibility index (Phi) is 6.18. The summed E-state index contributed by atoms with van der Waals surface area (Å²) in [5.74, 6) is -0.421. The van der Waals surface area contributed by atoms with Crippen molar-refractivity contribution in [1.29, 1.82) is 0 Å². The Balaban J connectivity index is 2.06. The number of rotatable bonds is 7. The molecule has 1 atom stereocenters. The molecule has 2 aromatic rings. The van der Waals surface area contributed by atoms with E-state index in [1.165, 1.54) is 43.8 Å². The number of methoxy groups -OCH3 is 1. The number of carbonyl (C=O) groups is 1. The molecule has 0 spiro atoms. The van der Waals surface area contributed by atoms with Gasteiger partial charge in [-0.2, -0.15) is 0 Å². The monoisotopic (exact) mass is 364 g/mol. The van der Waals surface area contributed by atoms with Gasteiger partial charge in [-0.25, -0.2) is 18.1 Å². The van der Waals surface area contributed by atoms with Crippen LogP contribution >= 0.6 is 0 Å². The summed E-state index contributed by atoms with van der Waals surface area (Å²) >= 11 is 0. The van der Waals surface area contributed by atoms with E-state index in [4.69, 9.17) is 4.74 Å². The smallest absolute Gasteiger partial charge is 0.275 e. The minimum Gasteiger partial charge on any atom is -0.383 e. The van der Waals surface area contributed by atoms with Crippen molar-refractivity contribution in [2.45, 2.75) is 24.8 Å². The Hall–Kier alpha value is -2.36. The van der Waals surface area contributed by atoms with Crippen LogP contribution in [0.1, 0.15) is 23.1 Å². The number of hydrogen-bond acceptors (Lipinski definition) is 6. The third kappa shape index (κ3) is 5.31. The number of amides is 1. The molecule has 0 saturated carbocycles. The average Bonchev–Trinajstić information content (AvgIpc) is 2.55. The summed E-state index contributed by atoms with van der Waals surface area (Å²) in [7, 11) is -2.15. The quantitative estimate of drug-likeness (QED) is 0.767. The van der Waals surface area contributed by atoms with Crippen LogP contribution in [0.2, 0.25) is 0 Å². The van der Waals surface area contributed by atoms with Gasteiger partial charge < -0.3 is 10.1 Å². The Morgan fingerprint density at radius 1 is 1.20 bits per heavy atom. The van der Waals surface area contributed by atoms with Crippen molar-refractivity contribution < 1.29 is 17.9 Å². The Bertz CT molecular complexity index is 820. The van der Waals surface area contributed by atoms with Crippen molar-refractivity contribution in [2.24, 2.45) is 0 Å². The highest BCUT2D eigenvalue weighted by atomic mass is 32.2. The zero-order chi connectivity index (χ0) is 18.4. The molecule has 0 aliphatic rings. The van der Waals surface area contributed by atoms with Crippen LogP contribution in [0.15, 0.2) is 41.6 Å². The molecule has 2 N–H and O–H groups in total. The standard InChI is InChI=1S/C16H20N4O4S/c1-11-8-18-15(9-17-11)16(21)19-13-4-6-14(7-5-13)25(22,23)20-12(2)10-24-3/h4-9,12,20H,10H2,1-3H3,(H,19,21)/t12-/m0/s1. The van der Waals surface area contributed by atoms with E-state index in [2.05, 4.69) is 20.0 Å². The maximum Gasteiger partial charge on any atom is 0.275 e. The minimum absolute atomic E-state index is 0.101. The minimum atomic E-state index is -3.65. The summed E-state index contributed by atoms with van der Waals surface area (Å²) in [5.41, 5.74) is 1.34. The summed E-state index contributed by atoms with van der Waals surface area (Å²) in [6, 6.07) is 5.50. The lowest BCUT2D eigenvalue weighted by molar-refractivity contribution is 0.102. The first-order valence-electron chi connectivity index (χ1n) is 7.53. The Morgan fingerprint density at radius 3 is 2.44 bits per heavy atom. The molecule has 0 radical (unpaired) electrons. The fraction of sp³-hybridized carbons (Fsp3) is 0.312. The van der Waals surface area contributed by atoms with Crippen LogP contribution in [-0.4, -0.2) is 44.1 Å². The first-order valence-corrected chi connectivity index (χ1v) is 9.01. The average molecular weight is 364 g/mol. The molecule has 9 heteroatoms. The van der Waals surface area contributed by atoms with Crippen LogP contribution in [0.4, 0.5) is 5.69 Å². The fourth-order valence-electron chi connectivity index (χ4n) is 2.04. The number of benzene rings is 1. The molecule has 1 heterocycles. The lowest BCUT2D eigenvalue weighted by Crippen LogP contribution is -2.35. The van der Waals surface area contributed by atoms with E-state index >= 15 is 0 Å². The van der Waals surface area contributed by atoms with Crippen molar-refractivity contribution in [3.63, 3.8) is 0 Å². The maximum absolute atomic E-state index is 12.2. The molecular weight excluding hydrogens is 344 g/mol. The van der Waals surface area contributed by atoms with E-state index in [1.54, 1.807) is 13.8 Å². The van der Waals surface area contributed by atoms with Gasteiger partial charge in [0.2, 0.25) is 10.0 Å². The summed E-state index contributed by atoms with van der Waals surface area (Å²) in [5, 5.41) is 2.64. The first-order chi connectivity index (χ1) is 11.8. The van der Waals surface area contributed by atoms with Gasteiger partial charge in [-0.1, -0.05) is 0 Å².